The number of halogens is 3. The molecule has 0 saturated carbocycles. The van der Waals surface area contributed by atoms with E-state index in [9.17, 15) is 42.2 Å². The van der Waals surface area contributed by atoms with E-state index in [0.29, 0.717) is 10.8 Å². The largest absolute Gasteiger partial charge is 0.490 e. The standard InChI is InChI=1S/C15H18F3N4O13P3/c1-6(33-37(28,29)35-38(30,31)34-36(25,26)27)9-10(23)15(18,3-2-4-16)13(32-9)22-5-7(17)8-11(22)20-14(19)21-12(8)24/h5-6,9-10,13,23H,4H2,1H3,(H,28,29)(H,30,31)(H2,25,26,27)(H3,19,20,21,24)/t6-,9-,10+,13-,15?/m1/s1. The van der Waals surface area contributed by atoms with Gasteiger partial charge < -0.3 is 35.2 Å². The number of phosphoric ester groups is 1. The Hall–Kier alpha value is -2.10. The fraction of sp³-hybridized carbons (Fsp3) is 0.467. The number of H-pyrrole nitrogens is 1. The molecule has 8 N–H and O–H groups in total. The first-order valence-electron chi connectivity index (χ1n) is 9.76. The van der Waals surface area contributed by atoms with Gasteiger partial charge in [-0.1, -0.05) is 11.8 Å². The molecule has 0 aromatic carbocycles. The number of fused-ring (bicyclic) bond motifs is 1. The van der Waals surface area contributed by atoms with Crippen molar-refractivity contribution in [3.05, 3.63) is 22.4 Å². The number of rotatable bonds is 8. The maximum absolute atomic E-state index is 16.1. The topological polar surface area (TPSA) is 266 Å². The van der Waals surface area contributed by atoms with Gasteiger partial charge in [0.05, 0.1) is 6.10 Å². The van der Waals surface area contributed by atoms with Crippen LogP contribution in [0.5, 0.6) is 0 Å². The van der Waals surface area contributed by atoms with Gasteiger partial charge in [-0.2, -0.15) is 13.6 Å². The summed E-state index contributed by atoms with van der Waals surface area (Å²) >= 11 is 0. The second kappa shape index (κ2) is 10.5. The lowest BCUT2D eigenvalue weighted by molar-refractivity contribution is -0.0753. The normalized spacial score (nSPS) is 27.9. The fourth-order valence-electron chi connectivity index (χ4n) is 3.52. The van der Waals surface area contributed by atoms with Gasteiger partial charge in [0.2, 0.25) is 11.6 Å². The summed E-state index contributed by atoms with van der Waals surface area (Å²) in [4.78, 5) is 54.0. The highest BCUT2D eigenvalue weighted by molar-refractivity contribution is 7.66. The predicted molar refractivity (Wildman–Crippen MR) is 117 cm³/mol. The molecule has 1 fully saturated rings. The lowest BCUT2D eigenvalue weighted by Crippen LogP contribution is -2.44. The molecule has 7 atom stereocenters. The smallest absolute Gasteiger partial charge is 0.386 e. The van der Waals surface area contributed by atoms with Crippen LogP contribution in [0.1, 0.15) is 13.2 Å². The molecule has 3 unspecified atom stereocenters. The van der Waals surface area contributed by atoms with Gasteiger partial charge in [-0.05, 0) is 6.92 Å². The SMILES string of the molecule is C[C@@H](OP(=O)(O)OP(=O)(O)OP(=O)(O)O)[C@H]1O[C@@H](n2cc(F)c3c(=O)[nH]c(N)nc32)C(F)(C#CCF)[C@H]1O. The number of nitrogens with one attached hydrogen (secondary N) is 1. The van der Waals surface area contributed by atoms with Crippen molar-refractivity contribution in [2.45, 2.75) is 37.1 Å². The molecule has 2 aromatic rings. The summed E-state index contributed by atoms with van der Waals surface area (Å²) < 4.78 is 95.3. The number of nitrogens with zero attached hydrogens (tertiary/aromatic N) is 2. The molecule has 0 aliphatic carbocycles. The average Bonchev–Trinajstić information content (AvgIpc) is 3.17. The van der Waals surface area contributed by atoms with Crippen molar-refractivity contribution in [1.82, 2.24) is 14.5 Å². The molecule has 3 rings (SSSR count). The second-order valence-corrected chi connectivity index (χ2v) is 11.9. The molecule has 17 nitrogen and oxygen atoms in total. The van der Waals surface area contributed by atoms with E-state index in [2.05, 4.69) is 18.1 Å². The molecule has 0 spiro atoms. The summed E-state index contributed by atoms with van der Waals surface area (Å²) in [6.07, 6.45) is -8.15. The van der Waals surface area contributed by atoms with Gasteiger partial charge in [-0.25, -0.2) is 26.9 Å². The molecule has 38 heavy (non-hydrogen) atoms. The van der Waals surface area contributed by atoms with E-state index in [-0.39, 0.29) is 0 Å². The van der Waals surface area contributed by atoms with Crippen molar-refractivity contribution in [1.29, 1.82) is 0 Å². The first kappa shape index (κ1) is 30.4. The molecule has 0 bridgehead atoms. The number of phosphoric acid groups is 3. The lowest BCUT2D eigenvalue weighted by atomic mass is 9.94. The van der Waals surface area contributed by atoms with Gasteiger partial charge in [-0.15, -0.1) is 0 Å². The van der Waals surface area contributed by atoms with Crippen LogP contribution in [0.25, 0.3) is 11.0 Å². The van der Waals surface area contributed by atoms with Gasteiger partial charge >= 0.3 is 23.5 Å². The number of alkyl halides is 2. The van der Waals surface area contributed by atoms with Crippen LogP contribution in [-0.4, -0.2) is 69.9 Å². The van der Waals surface area contributed by atoms with Crippen LogP contribution in [0.2, 0.25) is 0 Å². The van der Waals surface area contributed by atoms with Crippen molar-refractivity contribution in [2.24, 2.45) is 0 Å². The number of hydrogen-bond acceptors (Lipinski definition) is 11. The monoisotopic (exact) mass is 612 g/mol. The molecule has 1 saturated heterocycles. The maximum atomic E-state index is 16.1. The summed E-state index contributed by atoms with van der Waals surface area (Å²) in [5.74, 6) is 1.70. The predicted octanol–water partition coefficient (Wildman–Crippen LogP) is 0.117. The van der Waals surface area contributed by atoms with Gasteiger partial charge in [0.15, 0.2) is 17.7 Å². The molecule has 0 amide bonds. The minimum Gasteiger partial charge on any atom is -0.386 e. The van der Waals surface area contributed by atoms with Crippen molar-refractivity contribution < 1.29 is 69.4 Å². The summed E-state index contributed by atoms with van der Waals surface area (Å²) in [7, 11) is -17.4. The molecule has 1 aliphatic heterocycles. The van der Waals surface area contributed by atoms with Gasteiger partial charge in [-0.3, -0.25) is 18.9 Å². The van der Waals surface area contributed by atoms with E-state index in [4.69, 9.17) is 20.3 Å². The summed E-state index contributed by atoms with van der Waals surface area (Å²) in [6.45, 7) is -0.564. The summed E-state index contributed by atoms with van der Waals surface area (Å²) in [5, 5.41) is 9.93. The Morgan fingerprint density at radius 1 is 1.29 bits per heavy atom. The zero-order valence-electron chi connectivity index (χ0n) is 18.5. The number of nitrogens with two attached hydrogens (primary N) is 1. The quantitative estimate of drug-likeness (QED) is 0.154. The molecule has 23 heteroatoms. The van der Waals surface area contributed by atoms with E-state index in [1.54, 1.807) is 11.8 Å². The molecule has 212 valence electrons. The summed E-state index contributed by atoms with van der Waals surface area (Å²) in [6, 6.07) is 0. The van der Waals surface area contributed by atoms with Crippen LogP contribution in [0.15, 0.2) is 11.0 Å². The first-order chi connectivity index (χ1) is 17.3. The summed E-state index contributed by atoms with van der Waals surface area (Å²) in [5.41, 5.74) is 0.472. The Morgan fingerprint density at radius 3 is 2.50 bits per heavy atom. The second-order valence-electron chi connectivity index (χ2n) is 7.54. The van der Waals surface area contributed by atoms with Crippen LogP contribution in [0, 0.1) is 17.7 Å². The fourth-order valence-corrected chi connectivity index (χ4v) is 6.72. The lowest BCUT2D eigenvalue weighted by Gasteiger charge is -2.25. The molecular formula is C15H18F3N4O13P3. The highest BCUT2D eigenvalue weighted by Gasteiger charge is 2.60. The minimum absolute atomic E-state index is 0.530. The third-order valence-electron chi connectivity index (χ3n) is 4.82. The maximum Gasteiger partial charge on any atom is 0.490 e. The van der Waals surface area contributed by atoms with E-state index in [1.165, 1.54) is 0 Å². The number of anilines is 1. The number of aromatic amines is 1. The Bertz CT molecular complexity index is 1500. The van der Waals surface area contributed by atoms with Crippen molar-refractivity contribution in [3.63, 3.8) is 0 Å². The number of ether oxygens (including phenoxy) is 1. The number of nitrogen functional groups attached to an aromatic ring is 1. The van der Waals surface area contributed by atoms with Crippen LogP contribution < -0.4 is 11.3 Å². The minimum atomic E-state index is -5.91. The van der Waals surface area contributed by atoms with Crippen molar-refractivity contribution >= 4 is 40.4 Å². The van der Waals surface area contributed by atoms with Crippen molar-refractivity contribution in [2.75, 3.05) is 12.4 Å². The molecule has 2 aromatic heterocycles. The average molecular weight is 612 g/mol. The van der Waals surface area contributed by atoms with Crippen LogP contribution in [0.4, 0.5) is 19.1 Å². The Balaban J connectivity index is 1.99. The Morgan fingerprint density at radius 2 is 1.92 bits per heavy atom. The van der Waals surface area contributed by atoms with Gasteiger partial charge in [0.25, 0.3) is 5.56 Å². The Labute approximate surface area is 208 Å². The van der Waals surface area contributed by atoms with E-state index in [0.717, 1.165) is 6.92 Å². The molecule has 0 radical (unpaired) electrons. The third-order valence-corrected chi connectivity index (χ3v) is 8.75. The van der Waals surface area contributed by atoms with Gasteiger partial charge in [0, 0.05) is 6.20 Å². The van der Waals surface area contributed by atoms with E-state index in [1.807, 2.05) is 4.98 Å². The highest BCUT2D eigenvalue weighted by Crippen LogP contribution is 2.66. The van der Waals surface area contributed by atoms with Crippen LogP contribution >= 0.6 is 23.5 Å². The van der Waals surface area contributed by atoms with E-state index >= 15 is 4.39 Å². The zero-order valence-corrected chi connectivity index (χ0v) is 21.2. The van der Waals surface area contributed by atoms with Gasteiger partial charge in [0.1, 0.15) is 24.3 Å². The Kier molecular flexibility index (Phi) is 8.39. The number of aromatic nitrogens is 3. The highest BCUT2D eigenvalue weighted by atomic mass is 31.3. The third kappa shape index (κ3) is 6.37. The number of aliphatic hydroxyl groups is 1. The van der Waals surface area contributed by atoms with Crippen molar-refractivity contribution in [3.8, 4) is 11.8 Å². The van der Waals surface area contributed by atoms with E-state index < -0.39 is 88.7 Å². The molecular weight excluding hydrogens is 594 g/mol. The molecule has 3 heterocycles. The number of aliphatic hydroxyl groups excluding tert-OH is 1. The number of hydrogen-bond donors (Lipinski definition) is 7. The first-order valence-corrected chi connectivity index (χ1v) is 14.3. The van der Waals surface area contributed by atoms with Crippen LogP contribution in [0.3, 0.4) is 0 Å². The molecule has 1 aliphatic rings. The zero-order chi connectivity index (χ0) is 28.8. The van der Waals surface area contributed by atoms with Crippen LogP contribution in [-0.2, 0) is 31.6 Å².